The molecule has 1 fully saturated rings. The van der Waals surface area contributed by atoms with Gasteiger partial charge in [-0.15, -0.1) is 0 Å². The van der Waals surface area contributed by atoms with Crippen molar-refractivity contribution in [3.05, 3.63) is 59.7 Å². The van der Waals surface area contributed by atoms with E-state index < -0.39 is 0 Å². The summed E-state index contributed by atoms with van der Waals surface area (Å²) < 4.78 is 0. The molecule has 2 aromatic rings. The number of rotatable bonds is 6. The van der Waals surface area contributed by atoms with Crippen molar-refractivity contribution >= 4 is 11.4 Å². The molecular weight excluding hydrogens is 320 g/mol. The van der Waals surface area contributed by atoms with Crippen LogP contribution in [0.2, 0.25) is 0 Å². The van der Waals surface area contributed by atoms with Crippen LogP contribution in [0.1, 0.15) is 11.1 Å². The molecule has 1 heterocycles. The van der Waals surface area contributed by atoms with Crippen molar-refractivity contribution in [3.63, 3.8) is 0 Å². The Kier molecular flexibility index (Phi) is 6.17. The summed E-state index contributed by atoms with van der Waals surface area (Å²) >= 11 is 0. The van der Waals surface area contributed by atoms with Crippen molar-refractivity contribution in [1.82, 2.24) is 9.80 Å². The molecule has 140 valence electrons. The molecule has 2 aromatic carbocycles. The first-order valence-corrected chi connectivity index (χ1v) is 9.48. The number of nitrogens with zero attached hydrogens (tertiary/aromatic N) is 4. The highest BCUT2D eigenvalue weighted by molar-refractivity contribution is 5.46. The molecule has 0 amide bonds. The van der Waals surface area contributed by atoms with Crippen molar-refractivity contribution in [2.24, 2.45) is 0 Å². The zero-order chi connectivity index (χ0) is 18.5. The molecule has 1 saturated heterocycles. The van der Waals surface area contributed by atoms with Gasteiger partial charge in [0.2, 0.25) is 0 Å². The Bertz CT molecular complexity index is 607. The van der Waals surface area contributed by atoms with E-state index in [9.17, 15) is 0 Å². The van der Waals surface area contributed by atoms with E-state index in [1.807, 2.05) is 0 Å². The minimum Gasteiger partial charge on any atom is -0.378 e. The first-order valence-electron chi connectivity index (χ1n) is 9.48. The Morgan fingerprint density at radius 3 is 1.15 bits per heavy atom. The summed E-state index contributed by atoms with van der Waals surface area (Å²) in [6.45, 7) is 6.69. The molecule has 26 heavy (non-hydrogen) atoms. The molecule has 0 aromatic heterocycles. The number of anilines is 2. The highest BCUT2D eigenvalue weighted by Gasteiger charge is 2.17. The molecular formula is C22H32N4. The van der Waals surface area contributed by atoms with Crippen molar-refractivity contribution in [2.75, 3.05) is 64.2 Å². The van der Waals surface area contributed by atoms with E-state index >= 15 is 0 Å². The average molecular weight is 353 g/mol. The summed E-state index contributed by atoms with van der Waals surface area (Å²) in [4.78, 5) is 9.42. The number of piperazine rings is 1. The second-order valence-corrected chi connectivity index (χ2v) is 7.67. The van der Waals surface area contributed by atoms with Crippen LogP contribution in [-0.2, 0) is 13.1 Å². The molecule has 0 aliphatic carbocycles. The van der Waals surface area contributed by atoms with E-state index in [2.05, 4.69) is 96.3 Å². The standard InChI is InChI=1S/C22H32N4/c1-23(2)21-9-5-19(6-10-21)17-25-13-15-26(16-14-25)18-20-7-11-22(12-8-20)24(3)4/h5-12H,13-18H2,1-4H3. The minimum atomic E-state index is 1.05. The average Bonchev–Trinajstić information content (AvgIpc) is 2.64. The zero-order valence-electron chi connectivity index (χ0n) is 16.7. The Morgan fingerprint density at radius 1 is 0.577 bits per heavy atom. The van der Waals surface area contributed by atoms with Crippen LogP contribution in [0.25, 0.3) is 0 Å². The fourth-order valence-electron chi connectivity index (χ4n) is 3.42. The molecule has 1 aliphatic heterocycles. The van der Waals surface area contributed by atoms with Crippen molar-refractivity contribution in [2.45, 2.75) is 13.1 Å². The maximum absolute atomic E-state index is 2.57. The van der Waals surface area contributed by atoms with Gasteiger partial charge in [0.1, 0.15) is 0 Å². The molecule has 1 aliphatic rings. The van der Waals surface area contributed by atoms with E-state index in [0.29, 0.717) is 0 Å². The van der Waals surface area contributed by atoms with Gasteiger partial charge < -0.3 is 9.80 Å². The molecule has 0 spiro atoms. The smallest absolute Gasteiger partial charge is 0.0361 e. The first kappa shape index (κ1) is 18.7. The molecule has 4 nitrogen and oxygen atoms in total. The van der Waals surface area contributed by atoms with Crippen LogP contribution in [0.3, 0.4) is 0 Å². The second-order valence-electron chi connectivity index (χ2n) is 7.67. The largest absolute Gasteiger partial charge is 0.378 e. The van der Waals surface area contributed by atoms with E-state index in [1.165, 1.54) is 22.5 Å². The molecule has 0 unspecified atom stereocenters. The van der Waals surface area contributed by atoms with Crippen molar-refractivity contribution < 1.29 is 0 Å². The first-order chi connectivity index (χ1) is 12.5. The van der Waals surface area contributed by atoms with E-state index in [0.717, 1.165) is 39.3 Å². The number of hydrogen-bond acceptors (Lipinski definition) is 4. The fourth-order valence-corrected chi connectivity index (χ4v) is 3.42. The SMILES string of the molecule is CN(C)c1ccc(CN2CCN(Cc3ccc(N(C)C)cc3)CC2)cc1. The van der Waals surface area contributed by atoms with E-state index in [1.54, 1.807) is 0 Å². The summed E-state index contributed by atoms with van der Waals surface area (Å²) in [5.41, 5.74) is 5.34. The van der Waals surface area contributed by atoms with Gasteiger partial charge in [0.15, 0.2) is 0 Å². The third kappa shape index (κ3) is 4.99. The molecule has 0 bridgehead atoms. The maximum atomic E-state index is 2.57. The topological polar surface area (TPSA) is 13.0 Å². The predicted octanol–water partition coefficient (Wildman–Crippen LogP) is 3.14. The predicted molar refractivity (Wildman–Crippen MR) is 112 cm³/mol. The summed E-state index contributed by atoms with van der Waals surface area (Å²) in [6, 6.07) is 17.9. The van der Waals surface area contributed by atoms with Crippen LogP contribution in [0.4, 0.5) is 11.4 Å². The van der Waals surface area contributed by atoms with Gasteiger partial charge in [0, 0.05) is 78.8 Å². The van der Waals surface area contributed by atoms with Gasteiger partial charge in [-0.1, -0.05) is 24.3 Å². The lowest BCUT2D eigenvalue weighted by molar-refractivity contribution is 0.122. The normalized spacial score (nSPS) is 15.8. The maximum Gasteiger partial charge on any atom is 0.0361 e. The number of hydrogen-bond donors (Lipinski definition) is 0. The molecule has 0 radical (unpaired) electrons. The lowest BCUT2D eigenvalue weighted by Gasteiger charge is -2.34. The Morgan fingerprint density at radius 2 is 0.885 bits per heavy atom. The Labute approximate surface area is 158 Å². The van der Waals surface area contributed by atoms with Gasteiger partial charge in [-0.3, -0.25) is 9.80 Å². The summed E-state index contributed by atoms with van der Waals surface area (Å²) in [5.74, 6) is 0. The lowest BCUT2D eigenvalue weighted by Crippen LogP contribution is -2.45. The lowest BCUT2D eigenvalue weighted by atomic mass is 10.1. The summed E-state index contributed by atoms with van der Waals surface area (Å²) in [5, 5.41) is 0. The van der Waals surface area contributed by atoms with Crippen molar-refractivity contribution in [3.8, 4) is 0 Å². The molecule has 0 atom stereocenters. The van der Waals surface area contributed by atoms with Gasteiger partial charge in [-0.05, 0) is 35.4 Å². The highest BCUT2D eigenvalue weighted by Crippen LogP contribution is 2.17. The van der Waals surface area contributed by atoms with E-state index in [4.69, 9.17) is 0 Å². The van der Waals surface area contributed by atoms with Gasteiger partial charge in [0.25, 0.3) is 0 Å². The highest BCUT2D eigenvalue weighted by atomic mass is 15.3. The Balaban J connectivity index is 1.46. The third-order valence-electron chi connectivity index (χ3n) is 5.18. The Hall–Kier alpha value is -2.04. The van der Waals surface area contributed by atoms with E-state index in [-0.39, 0.29) is 0 Å². The van der Waals surface area contributed by atoms with Gasteiger partial charge in [-0.2, -0.15) is 0 Å². The van der Waals surface area contributed by atoms with Crippen LogP contribution in [0, 0.1) is 0 Å². The molecule has 0 saturated carbocycles. The van der Waals surface area contributed by atoms with Crippen LogP contribution in [0.5, 0.6) is 0 Å². The van der Waals surface area contributed by atoms with Crippen LogP contribution in [-0.4, -0.2) is 64.2 Å². The van der Waals surface area contributed by atoms with Crippen molar-refractivity contribution in [1.29, 1.82) is 0 Å². The fraction of sp³-hybridized carbons (Fsp3) is 0.455. The summed E-state index contributed by atoms with van der Waals surface area (Å²) in [7, 11) is 8.34. The second kappa shape index (κ2) is 8.56. The minimum absolute atomic E-state index is 1.05. The van der Waals surface area contributed by atoms with Gasteiger partial charge in [0.05, 0.1) is 0 Å². The van der Waals surface area contributed by atoms with Crippen LogP contribution < -0.4 is 9.80 Å². The van der Waals surface area contributed by atoms with Gasteiger partial charge in [-0.25, -0.2) is 0 Å². The number of benzene rings is 2. The monoisotopic (exact) mass is 352 g/mol. The molecule has 0 N–H and O–H groups in total. The zero-order valence-corrected chi connectivity index (χ0v) is 16.7. The third-order valence-corrected chi connectivity index (χ3v) is 5.18. The molecule has 3 rings (SSSR count). The van der Waals surface area contributed by atoms with Gasteiger partial charge >= 0.3 is 0 Å². The molecule has 4 heteroatoms. The quantitative estimate of drug-likeness (QED) is 0.792. The van der Waals surface area contributed by atoms with Crippen LogP contribution >= 0.6 is 0 Å². The van der Waals surface area contributed by atoms with Crippen LogP contribution in [0.15, 0.2) is 48.5 Å². The summed E-state index contributed by atoms with van der Waals surface area (Å²) in [6.07, 6.45) is 0.